The number of carbonyl (C=O) groups is 1. The van der Waals surface area contributed by atoms with Gasteiger partial charge in [-0.25, -0.2) is 8.42 Å². The molecule has 0 bridgehead atoms. The fourth-order valence-electron chi connectivity index (χ4n) is 2.41. The number of rotatable bonds is 6. The van der Waals surface area contributed by atoms with E-state index in [-0.39, 0.29) is 17.3 Å². The van der Waals surface area contributed by atoms with E-state index in [9.17, 15) is 13.2 Å². The molecule has 26 heavy (non-hydrogen) atoms. The van der Waals surface area contributed by atoms with Gasteiger partial charge in [0.2, 0.25) is 5.91 Å². The number of hydrogen-bond donors (Lipinski definition) is 1. The Morgan fingerprint density at radius 2 is 1.88 bits per heavy atom. The number of benzene rings is 2. The summed E-state index contributed by atoms with van der Waals surface area (Å²) < 4.78 is 28.3. The number of hydrogen-bond acceptors (Lipinski definition) is 4. The van der Waals surface area contributed by atoms with Crippen LogP contribution in [0.15, 0.2) is 78.0 Å². The Hall–Kier alpha value is -3.13. The molecule has 0 radical (unpaired) electrons. The van der Waals surface area contributed by atoms with Crippen LogP contribution in [0.1, 0.15) is 0 Å². The molecule has 1 N–H and O–H groups in total. The van der Waals surface area contributed by atoms with Crippen LogP contribution in [0.25, 0.3) is 0 Å². The Bertz CT molecular complexity index is 986. The van der Waals surface area contributed by atoms with Gasteiger partial charge in [0.05, 0.1) is 10.6 Å². The van der Waals surface area contributed by atoms with E-state index in [2.05, 4.69) is 10.4 Å². The van der Waals surface area contributed by atoms with Crippen molar-refractivity contribution >= 4 is 27.3 Å². The van der Waals surface area contributed by atoms with Crippen molar-refractivity contribution in [2.45, 2.75) is 11.4 Å². The number of nitrogens with one attached hydrogen (secondary N) is 1. The van der Waals surface area contributed by atoms with Crippen molar-refractivity contribution in [1.29, 1.82) is 0 Å². The summed E-state index contributed by atoms with van der Waals surface area (Å²) >= 11 is 0. The van der Waals surface area contributed by atoms with Gasteiger partial charge in [-0.1, -0.05) is 24.3 Å². The molecule has 7 nitrogen and oxygen atoms in total. The summed E-state index contributed by atoms with van der Waals surface area (Å²) in [5.41, 5.74) is 0.963. The molecule has 0 saturated heterocycles. The maximum Gasteiger partial charge on any atom is 0.264 e. The zero-order chi connectivity index (χ0) is 18.6. The van der Waals surface area contributed by atoms with Crippen LogP contribution in [0, 0.1) is 0 Å². The predicted octanol–water partition coefficient (Wildman–Crippen LogP) is 2.35. The third-order valence-corrected chi connectivity index (χ3v) is 5.54. The summed E-state index contributed by atoms with van der Waals surface area (Å²) in [6, 6.07) is 16.7. The quantitative estimate of drug-likeness (QED) is 0.722. The molecule has 0 atom stereocenters. The maximum atomic E-state index is 12.8. The first-order valence-corrected chi connectivity index (χ1v) is 9.32. The molecule has 1 aromatic heterocycles. The number of nitrogens with zero attached hydrogens (tertiary/aromatic N) is 3. The van der Waals surface area contributed by atoms with Crippen LogP contribution in [-0.4, -0.2) is 31.2 Å². The number of anilines is 2. The largest absolute Gasteiger partial charge is 0.324 e. The van der Waals surface area contributed by atoms with Crippen LogP contribution in [0.2, 0.25) is 0 Å². The van der Waals surface area contributed by atoms with Crippen LogP contribution < -0.4 is 9.62 Å². The molecular formula is C18H18N4O3S. The molecule has 1 amide bonds. The number of aromatic nitrogens is 2. The second-order valence-electron chi connectivity index (χ2n) is 5.59. The highest BCUT2D eigenvalue weighted by Crippen LogP contribution is 2.23. The molecule has 0 unspecified atom stereocenters. The highest BCUT2D eigenvalue weighted by Gasteiger charge is 2.21. The van der Waals surface area contributed by atoms with E-state index in [1.165, 1.54) is 28.2 Å². The van der Waals surface area contributed by atoms with Crippen molar-refractivity contribution in [2.75, 3.05) is 16.7 Å². The van der Waals surface area contributed by atoms with Crippen molar-refractivity contribution in [2.24, 2.45) is 0 Å². The summed E-state index contributed by atoms with van der Waals surface area (Å²) in [4.78, 5) is 12.2. The van der Waals surface area contributed by atoms with Gasteiger partial charge in [-0.05, 0) is 36.4 Å². The predicted molar refractivity (Wildman–Crippen MR) is 99.3 cm³/mol. The lowest BCUT2D eigenvalue weighted by molar-refractivity contribution is -0.116. The number of amides is 1. The summed E-state index contributed by atoms with van der Waals surface area (Å²) in [5.74, 6) is -0.292. The molecule has 3 aromatic rings. The Morgan fingerprint density at radius 3 is 2.58 bits per heavy atom. The number of carbonyl (C=O) groups excluding carboxylic acids is 1. The number of sulfonamides is 1. The van der Waals surface area contributed by atoms with Crippen LogP contribution in [0.5, 0.6) is 0 Å². The third-order valence-electron chi connectivity index (χ3n) is 3.76. The summed E-state index contributed by atoms with van der Waals surface area (Å²) in [5, 5.41) is 6.65. The van der Waals surface area contributed by atoms with E-state index in [1.54, 1.807) is 54.9 Å². The van der Waals surface area contributed by atoms with Crippen molar-refractivity contribution < 1.29 is 13.2 Å². The molecule has 2 aromatic carbocycles. The van der Waals surface area contributed by atoms with Gasteiger partial charge in [-0.3, -0.25) is 13.8 Å². The third kappa shape index (κ3) is 3.92. The fourth-order valence-corrected chi connectivity index (χ4v) is 3.65. The first-order chi connectivity index (χ1) is 12.5. The molecule has 0 aliphatic heterocycles. The molecule has 0 aliphatic rings. The molecule has 3 rings (SSSR count). The van der Waals surface area contributed by atoms with Gasteiger partial charge in [0.15, 0.2) is 0 Å². The first-order valence-electron chi connectivity index (χ1n) is 7.88. The first kappa shape index (κ1) is 17.7. The minimum Gasteiger partial charge on any atom is -0.324 e. The van der Waals surface area contributed by atoms with E-state index < -0.39 is 10.0 Å². The van der Waals surface area contributed by atoms with E-state index >= 15 is 0 Å². The Kier molecular flexibility index (Phi) is 5.04. The van der Waals surface area contributed by atoms with Crippen LogP contribution in [0.4, 0.5) is 11.4 Å². The minimum atomic E-state index is -3.74. The zero-order valence-electron chi connectivity index (χ0n) is 14.1. The van der Waals surface area contributed by atoms with Crippen molar-refractivity contribution in [3.8, 4) is 0 Å². The maximum absolute atomic E-state index is 12.8. The second kappa shape index (κ2) is 7.40. The van der Waals surface area contributed by atoms with Crippen LogP contribution >= 0.6 is 0 Å². The molecule has 134 valence electrons. The zero-order valence-corrected chi connectivity index (χ0v) is 14.9. The lowest BCUT2D eigenvalue weighted by Crippen LogP contribution is -2.26. The molecule has 1 heterocycles. The van der Waals surface area contributed by atoms with Gasteiger partial charge < -0.3 is 5.32 Å². The van der Waals surface area contributed by atoms with Crippen molar-refractivity contribution in [3.05, 3.63) is 73.1 Å². The van der Waals surface area contributed by atoms with E-state index in [0.717, 1.165) is 0 Å². The highest BCUT2D eigenvalue weighted by atomic mass is 32.2. The summed E-state index contributed by atoms with van der Waals surface area (Å²) in [6.45, 7) is 0.0495. The molecule has 0 saturated carbocycles. The Morgan fingerprint density at radius 1 is 1.12 bits per heavy atom. The Labute approximate surface area is 151 Å². The topological polar surface area (TPSA) is 84.3 Å². The van der Waals surface area contributed by atoms with Gasteiger partial charge in [0, 0.05) is 25.1 Å². The van der Waals surface area contributed by atoms with Crippen molar-refractivity contribution in [3.63, 3.8) is 0 Å². The molecular weight excluding hydrogens is 352 g/mol. The average Bonchev–Trinajstić information content (AvgIpc) is 3.14. The van der Waals surface area contributed by atoms with Crippen molar-refractivity contribution in [1.82, 2.24) is 9.78 Å². The second-order valence-corrected chi connectivity index (χ2v) is 7.56. The molecule has 0 spiro atoms. The van der Waals surface area contributed by atoms with Crippen LogP contribution in [-0.2, 0) is 21.4 Å². The molecule has 0 aliphatic carbocycles. The Balaban J connectivity index is 1.79. The normalized spacial score (nSPS) is 11.1. The van der Waals surface area contributed by atoms with Gasteiger partial charge in [0.25, 0.3) is 10.0 Å². The summed E-state index contributed by atoms with van der Waals surface area (Å²) in [7, 11) is -2.24. The minimum absolute atomic E-state index is 0.0495. The smallest absolute Gasteiger partial charge is 0.264 e. The number of para-hydroxylation sites is 1. The lowest BCUT2D eigenvalue weighted by Gasteiger charge is -2.19. The summed E-state index contributed by atoms with van der Waals surface area (Å²) in [6.07, 6.45) is 3.26. The standard InChI is InChI=1S/C18H18N4O3S/c1-21(16-8-3-2-4-9-16)26(24,25)17-10-5-7-15(13-17)20-18(23)14-22-12-6-11-19-22/h2-13H,14H2,1H3,(H,20,23). The van der Waals surface area contributed by atoms with Gasteiger partial charge in [-0.15, -0.1) is 0 Å². The van der Waals surface area contributed by atoms with Gasteiger partial charge in [0.1, 0.15) is 6.54 Å². The fraction of sp³-hybridized carbons (Fsp3) is 0.111. The van der Waals surface area contributed by atoms with Gasteiger partial charge >= 0.3 is 0 Å². The SMILES string of the molecule is CN(c1ccccc1)S(=O)(=O)c1cccc(NC(=O)Cn2cccn2)c1. The van der Waals surface area contributed by atoms with Gasteiger partial charge in [-0.2, -0.15) is 5.10 Å². The lowest BCUT2D eigenvalue weighted by atomic mass is 10.3. The van der Waals surface area contributed by atoms with E-state index in [4.69, 9.17) is 0 Å². The molecule has 0 fully saturated rings. The highest BCUT2D eigenvalue weighted by molar-refractivity contribution is 7.92. The van der Waals surface area contributed by atoms with E-state index in [1.807, 2.05) is 6.07 Å². The van der Waals surface area contributed by atoms with Crippen LogP contribution in [0.3, 0.4) is 0 Å². The monoisotopic (exact) mass is 370 g/mol. The average molecular weight is 370 g/mol. The van der Waals surface area contributed by atoms with E-state index in [0.29, 0.717) is 11.4 Å². The molecule has 8 heteroatoms.